The lowest BCUT2D eigenvalue weighted by atomic mass is 10.0. The third kappa shape index (κ3) is 59.7. The van der Waals surface area contributed by atoms with Crippen molar-refractivity contribution in [1.29, 1.82) is 0 Å². The number of carbonyl (C=O) groups excluding carboxylic acids is 1. The predicted molar refractivity (Wildman–Crippen MR) is 322 cm³/mol. The van der Waals surface area contributed by atoms with Crippen LogP contribution in [-0.4, -0.2) is 34.9 Å². The number of amides is 1. The number of aliphatic hydroxyl groups excluding tert-OH is 2. The summed E-state index contributed by atoms with van der Waals surface area (Å²) in [4.78, 5) is 12.5. The minimum atomic E-state index is -0.861. The number of unbranched alkanes of at least 4 members (excludes halogenated alkanes) is 54. The largest absolute Gasteiger partial charge is 0.394 e. The number of hydrogen-bond donors (Lipinski definition) is 3. The molecule has 0 rings (SSSR count). The number of hydrogen-bond acceptors (Lipinski definition) is 3. The molecule has 0 radical (unpaired) electrons. The maximum Gasteiger partial charge on any atom is 0.220 e. The van der Waals surface area contributed by atoms with Crippen molar-refractivity contribution in [2.24, 2.45) is 0 Å². The van der Waals surface area contributed by atoms with E-state index in [0.717, 1.165) is 32.1 Å². The molecule has 1 amide bonds. The summed E-state index contributed by atoms with van der Waals surface area (Å²) in [5.74, 6) is -0.0645. The van der Waals surface area contributed by atoms with E-state index in [1.54, 1.807) is 6.08 Å². The van der Waals surface area contributed by atoms with Gasteiger partial charge in [-0.2, -0.15) is 0 Å². The number of allylic oxidation sites excluding steroid dienone is 3. The first-order valence-corrected chi connectivity index (χ1v) is 33.6. The van der Waals surface area contributed by atoms with E-state index in [-0.39, 0.29) is 12.5 Å². The zero-order chi connectivity index (χ0) is 52.0. The summed E-state index contributed by atoms with van der Waals surface area (Å²) < 4.78 is 0. The monoisotopic (exact) mass is 1010 g/mol. The highest BCUT2D eigenvalue weighted by Gasteiger charge is 2.18. The zero-order valence-electron chi connectivity index (χ0n) is 49.5. The second-order valence-electron chi connectivity index (χ2n) is 23.2. The maximum atomic E-state index is 12.5. The standard InChI is InChI=1S/C68H133NO3/c1-3-5-7-9-11-13-15-17-19-21-23-25-27-29-31-33-34-36-37-39-41-43-45-47-49-51-53-55-57-59-61-63-67(71)66(65-70)69-68(72)64-62-60-58-56-54-52-50-48-46-44-42-40-38-35-32-30-28-26-24-22-20-18-16-14-12-10-8-6-4-2/h53,55,61,63,66-67,70-71H,3-52,54,56-60,62,64-65H2,1-2H3,(H,69,72)/b55-53+,63-61+. The first-order valence-electron chi connectivity index (χ1n) is 33.6. The number of nitrogens with one attached hydrogen (secondary N) is 1. The molecule has 72 heavy (non-hydrogen) atoms. The van der Waals surface area contributed by atoms with Crippen molar-refractivity contribution in [3.63, 3.8) is 0 Å². The summed E-state index contributed by atoms with van der Waals surface area (Å²) in [5, 5.41) is 23.2. The molecule has 0 spiro atoms. The second-order valence-corrected chi connectivity index (χ2v) is 23.2. The van der Waals surface area contributed by atoms with E-state index in [4.69, 9.17) is 0 Å². The highest BCUT2D eigenvalue weighted by atomic mass is 16.3. The molecule has 4 heteroatoms. The fourth-order valence-electron chi connectivity index (χ4n) is 10.8. The van der Waals surface area contributed by atoms with E-state index >= 15 is 0 Å². The molecular weight excluding hydrogens is 879 g/mol. The number of rotatable bonds is 63. The highest BCUT2D eigenvalue weighted by molar-refractivity contribution is 5.76. The van der Waals surface area contributed by atoms with Gasteiger partial charge in [-0.05, 0) is 32.1 Å². The van der Waals surface area contributed by atoms with Crippen molar-refractivity contribution in [3.8, 4) is 0 Å². The average molecular weight is 1010 g/mol. The summed E-state index contributed by atoms with van der Waals surface area (Å²) in [6.45, 7) is 4.35. The van der Waals surface area contributed by atoms with Crippen molar-refractivity contribution < 1.29 is 15.0 Å². The molecule has 3 N–H and O–H groups in total. The van der Waals surface area contributed by atoms with Crippen LogP contribution in [0.5, 0.6) is 0 Å². The summed E-state index contributed by atoms with van der Waals surface area (Å²) in [7, 11) is 0. The number of carbonyl (C=O) groups is 1. The van der Waals surface area contributed by atoms with Gasteiger partial charge in [0.1, 0.15) is 0 Å². The Morgan fingerprint density at radius 2 is 0.542 bits per heavy atom. The zero-order valence-corrected chi connectivity index (χ0v) is 49.5. The van der Waals surface area contributed by atoms with Crippen LogP contribution >= 0.6 is 0 Å². The highest BCUT2D eigenvalue weighted by Crippen LogP contribution is 2.19. The molecule has 0 aromatic rings. The lowest BCUT2D eigenvalue weighted by Gasteiger charge is -2.19. The van der Waals surface area contributed by atoms with Crippen LogP contribution in [0.3, 0.4) is 0 Å². The maximum absolute atomic E-state index is 12.5. The van der Waals surface area contributed by atoms with Crippen LogP contribution in [0.25, 0.3) is 0 Å². The van der Waals surface area contributed by atoms with Gasteiger partial charge in [-0.3, -0.25) is 4.79 Å². The van der Waals surface area contributed by atoms with Gasteiger partial charge >= 0.3 is 0 Å². The van der Waals surface area contributed by atoms with E-state index < -0.39 is 12.1 Å². The van der Waals surface area contributed by atoms with Gasteiger partial charge in [-0.25, -0.2) is 0 Å². The Balaban J connectivity index is 3.44. The van der Waals surface area contributed by atoms with Crippen LogP contribution in [0.1, 0.15) is 386 Å². The average Bonchev–Trinajstić information content (AvgIpc) is 3.39. The van der Waals surface area contributed by atoms with Gasteiger partial charge in [0, 0.05) is 6.42 Å². The van der Waals surface area contributed by atoms with Gasteiger partial charge in [-0.15, -0.1) is 0 Å². The molecule has 0 heterocycles. The number of aliphatic hydroxyl groups is 2. The smallest absolute Gasteiger partial charge is 0.220 e. The normalized spacial score (nSPS) is 12.8. The molecule has 0 aliphatic carbocycles. The molecule has 0 aliphatic rings. The Labute approximate surface area is 453 Å². The van der Waals surface area contributed by atoms with Gasteiger partial charge in [0.15, 0.2) is 0 Å². The third-order valence-electron chi connectivity index (χ3n) is 15.9. The van der Waals surface area contributed by atoms with Crippen molar-refractivity contribution in [2.45, 2.75) is 398 Å². The predicted octanol–water partition coefficient (Wildman–Crippen LogP) is 22.6. The fraction of sp³-hybridized carbons (Fsp3) is 0.926. The molecule has 0 bridgehead atoms. The van der Waals surface area contributed by atoms with E-state index in [0.29, 0.717) is 6.42 Å². The van der Waals surface area contributed by atoms with Gasteiger partial charge in [0.25, 0.3) is 0 Å². The molecule has 4 nitrogen and oxygen atoms in total. The van der Waals surface area contributed by atoms with Crippen molar-refractivity contribution in [3.05, 3.63) is 24.3 Å². The van der Waals surface area contributed by atoms with Crippen LogP contribution in [0.2, 0.25) is 0 Å². The molecule has 2 atom stereocenters. The minimum absolute atomic E-state index is 0.0645. The van der Waals surface area contributed by atoms with Gasteiger partial charge in [0.05, 0.1) is 18.8 Å². The van der Waals surface area contributed by atoms with E-state index in [1.165, 1.54) is 334 Å². The van der Waals surface area contributed by atoms with Gasteiger partial charge in [0.2, 0.25) is 5.91 Å². The lowest BCUT2D eigenvalue weighted by Crippen LogP contribution is -2.45. The Morgan fingerprint density at radius 1 is 0.319 bits per heavy atom. The molecule has 0 saturated carbocycles. The molecule has 0 fully saturated rings. The molecule has 0 aliphatic heterocycles. The first-order chi connectivity index (χ1) is 35.7. The Kier molecular flexibility index (Phi) is 63.2. The summed E-state index contributed by atoms with van der Waals surface area (Å²) in [6.07, 6.45) is 86.9. The summed E-state index contributed by atoms with van der Waals surface area (Å²) in [5.41, 5.74) is 0. The minimum Gasteiger partial charge on any atom is -0.394 e. The first kappa shape index (κ1) is 70.9. The molecule has 0 aromatic carbocycles. The summed E-state index contributed by atoms with van der Waals surface area (Å²) >= 11 is 0. The topological polar surface area (TPSA) is 69.6 Å². The van der Waals surface area contributed by atoms with Crippen LogP contribution in [-0.2, 0) is 4.79 Å². The van der Waals surface area contributed by atoms with Crippen molar-refractivity contribution in [1.82, 2.24) is 5.32 Å². The molecule has 428 valence electrons. The van der Waals surface area contributed by atoms with Crippen LogP contribution in [0.15, 0.2) is 24.3 Å². The SMILES string of the molecule is CCCCCCCCCCCCCCCCCCCCCCCCCCC/C=C/CC/C=C/C(O)C(CO)NC(=O)CCCCCCCCCCCCCCCCCCCCCCCCCCCCCCC. The lowest BCUT2D eigenvalue weighted by molar-refractivity contribution is -0.123. The van der Waals surface area contributed by atoms with Gasteiger partial charge in [-0.1, -0.05) is 372 Å². The second kappa shape index (κ2) is 64.2. The Bertz CT molecular complexity index is 1060. The fourth-order valence-corrected chi connectivity index (χ4v) is 10.8. The molecular formula is C68H133NO3. The van der Waals surface area contributed by atoms with E-state index in [1.807, 2.05) is 6.08 Å². The van der Waals surface area contributed by atoms with Crippen LogP contribution in [0.4, 0.5) is 0 Å². The summed E-state index contributed by atoms with van der Waals surface area (Å²) in [6, 6.07) is -0.638. The van der Waals surface area contributed by atoms with Crippen LogP contribution < -0.4 is 5.32 Å². The third-order valence-corrected chi connectivity index (χ3v) is 15.9. The van der Waals surface area contributed by atoms with E-state index in [9.17, 15) is 15.0 Å². The van der Waals surface area contributed by atoms with Crippen LogP contribution in [0, 0.1) is 0 Å². The molecule has 0 saturated heterocycles. The van der Waals surface area contributed by atoms with E-state index in [2.05, 4.69) is 31.3 Å². The van der Waals surface area contributed by atoms with Gasteiger partial charge < -0.3 is 15.5 Å². The molecule has 2 unspecified atom stereocenters. The molecule has 0 aromatic heterocycles. The van der Waals surface area contributed by atoms with Crippen molar-refractivity contribution in [2.75, 3.05) is 6.61 Å². The Morgan fingerprint density at radius 3 is 0.806 bits per heavy atom. The Hall–Kier alpha value is -1.13. The quantitative estimate of drug-likeness (QED) is 0.0420. The van der Waals surface area contributed by atoms with Crippen molar-refractivity contribution >= 4 is 5.91 Å².